The Morgan fingerprint density at radius 2 is 2.25 bits per heavy atom. The number of hydrogen-bond acceptors (Lipinski definition) is 5. The predicted molar refractivity (Wildman–Crippen MR) is 90.9 cm³/mol. The third-order valence-electron chi connectivity index (χ3n) is 3.86. The molecule has 1 amide bonds. The van der Waals surface area contributed by atoms with Gasteiger partial charge in [-0.05, 0) is 28.1 Å². The molecule has 0 unspecified atom stereocenters. The largest absolute Gasteiger partial charge is 0.497 e. The van der Waals surface area contributed by atoms with Crippen LogP contribution in [0.25, 0.3) is 5.65 Å². The molecule has 0 saturated carbocycles. The fourth-order valence-corrected chi connectivity index (χ4v) is 3.09. The number of imidazole rings is 1. The number of methoxy groups -OCH3 is 1. The van der Waals surface area contributed by atoms with Crippen LogP contribution in [-0.4, -0.2) is 40.5 Å². The van der Waals surface area contributed by atoms with Gasteiger partial charge >= 0.3 is 0 Å². The first kappa shape index (κ1) is 14.9. The van der Waals surface area contributed by atoms with Gasteiger partial charge in [-0.3, -0.25) is 14.1 Å². The first-order valence-corrected chi connectivity index (χ1v) is 8.08. The Hall–Kier alpha value is -2.61. The van der Waals surface area contributed by atoms with E-state index < -0.39 is 0 Å². The highest BCUT2D eigenvalue weighted by atomic mass is 79.9. The number of benzene rings is 1. The molecule has 4 rings (SSSR count). The van der Waals surface area contributed by atoms with Crippen LogP contribution in [-0.2, 0) is 0 Å². The number of aromatic nitrogens is 3. The maximum absolute atomic E-state index is 13.1. The molecule has 0 bridgehead atoms. The first-order valence-electron chi connectivity index (χ1n) is 7.29. The van der Waals surface area contributed by atoms with Gasteiger partial charge in [0.1, 0.15) is 22.7 Å². The van der Waals surface area contributed by atoms with Gasteiger partial charge < -0.3 is 9.47 Å². The number of nitrogens with zero attached hydrogens (tertiary/aromatic N) is 4. The quantitative estimate of drug-likeness (QED) is 0.674. The third kappa shape index (κ3) is 2.30. The lowest BCUT2D eigenvalue weighted by Gasteiger charge is -2.29. The second kappa shape index (κ2) is 5.79. The van der Waals surface area contributed by atoms with Crippen molar-refractivity contribution in [3.63, 3.8) is 0 Å². The minimum absolute atomic E-state index is 0.225. The van der Waals surface area contributed by atoms with Crippen molar-refractivity contribution in [2.45, 2.75) is 0 Å². The summed E-state index contributed by atoms with van der Waals surface area (Å²) >= 11 is 3.40. The zero-order valence-corrected chi connectivity index (χ0v) is 14.4. The van der Waals surface area contributed by atoms with E-state index in [9.17, 15) is 4.79 Å². The average molecular weight is 389 g/mol. The molecule has 8 heteroatoms. The highest BCUT2D eigenvalue weighted by Gasteiger charge is 2.28. The van der Waals surface area contributed by atoms with Crippen LogP contribution in [0.1, 0.15) is 10.5 Å². The van der Waals surface area contributed by atoms with Crippen molar-refractivity contribution in [3.05, 3.63) is 47.1 Å². The van der Waals surface area contributed by atoms with Crippen LogP contribution in [0.5, 0.6) is 11.5 Å². The zero-order valence-electron chi connectivity index (χ0n) is 12.8. The second-order valence-corrected chi connectivity index (χ2v) is 6.00. The lowest BCUT2D eigenvalue weighted by atomic mass is 10.2. The van der Waals surface area contributed by atoms with E-state index in [1.54, 1.807) is 53.2 Å². The number of halogens is 1. The average Bonchev–Trinajstić information content (AvgIpc) is 3.01. The summed E-state index contributed by atoms with van der Waals surface area (Å²) in [7, 11) is 1.59. The molecular formula is C16H13BrN4O3. The predicted octanol–water partition coefficient (Wildman–Crippen LogP) is 2.54. The summed E-state index contributed by atoms with van der Waals surface area (Å²) in [5.41, 5.74) is 1.46. The van der Waals surface area contributed by atoms with Crippen molar-refractivity contribution in [2.24, 2.45) is 0 Å². The third-order valence-corrected chi connectivity index (χ3v) is 4.45. The van der Waals surface area contributed by atoms with Gasteiger partial charge in [-0.2, -0.15) is 0 Å². The molecule has 0 atom stereocenters. The van der Waals surface area contributed by atoms with Crippen molar-refractivity contribution in [3.8, 4) is 11.5 Å². The summed E-state index contributed by atoms with van der Waals surface area (Å²) in [5, 5.41) is 0. The Morgan fingerprint density at radius 1 is 1.38 bits per heavy atom. The molecule has 0 radical (unpaired) electrons. The van der Waals surface area contributed by atoms with Crippen LogP contribution < -0.4 is 14.4 Å². The summed E-state index contributed by atoms with van der Waals surface area (Å²) in [6.07, 6.45) is 4.98. The van der Waals surface area contributed by atoms with E-state index >= 15 is 0 Å². The monoisotopic (exact) mass is 388 g/mol. The van der Waals surface area contributed by atoms with E-state index in [-0.39, 0.29) is 5.91 Å². The van der Waals surface area contributed by atoms with E-state index in [1.165, 1.54) is 0 Å². The Kier molecular flexibility index (Phi) is 3.61. The summed E-state index contributed by atoms with van der Waals surface area (Å²) in [5.74, 6) is 1.08. The fourth-order valence-electron chi connectivity index (χ4n) is 2.70. The van der Waals surface area contributed by atoms with Crippen molar-refractivity contribution in [2.75, 3.05) is 25.2 Å². The highest BCUT2D eigenvalue weighted by Crippen LogP contribution is 2.35. The molecule has 0 N–H and O–H groups in total. The number of ether oxygens (including phenoxy) is 2. The molecule has 2 aromatic heterocycles. The van der Waals surface area contributed by atoms with Crippen molar-refractivity contribution >= 4 is 33.2 Å². The van der Waals surface area contributed by atoms with Gasteiger partial charge in [-0.25, -0.2) is 9.97 Å². The SMILES string of the molecule is COc1ccc2c(c1)N(C(=O)c1nccn3c(Br)cnc13)CCO2. The maximum atomic E-state index is 13.1. The van der Waals surface area contributed by atoms with Gasteiger partial charge in [0.2, 0.25) is 0 Å². The van der Waals surface area contributed by atoms with Crippen LogP contribution in [0.2, 0.25) is 0 Å². The molecule has 122 valence electrons. The van der Waals surface area contributed by atoms with E-state index in [1.807, 2.05) is 0 Å². The molecule has 1 aromatic carbocycles. The van der Waals surface area contributed by atoms with Crippen molar-refractivity contribution in [1.29, 1.82) is 0 Å². The second-order valence-electron chi connectivity index (χ2n) is 5.19. The molecule has 1 aliphatic rings. The topological polar surface area (TPSA) is 69.0 Å². The number of anilines is 1. The molecule has 3 aromatic rings. The standard InChI is InChI=1S/C16H13BrN4O3/c1-23-10-2-3-12-11(8-10)20(6-7-24-12)16(22)14-15-19-9-13(17)21(15)5-4-18-14/h2-5,8-9H,6-7H2,1H3. The van der Waals surface area contributed by atoms with Gasteiger partial charge in [0, 0.05) is 18.5 Å². The molecule has 1 aliphatic heterocycles. The molecule has 0 fully saturated rings. The minimum atomic E-state index is -0.225. The van der Waals surface area contributed by atoms with E-state index in [4.69, 9.17) is 9.47 Å². The zero-order chi connectivity index (χ0) is 16.7. The number of amides is 1. The van der Waals surface area contributed by atoms with Gasteiger partial charge in [0.05, 0.1) is 25.5 Å². The maximum Gasteiger partial charge on any atom is 0.280 e. The molecule has 0 aliphatic carbocycles. The van der Waals surface area contributed by atoms with Gasteiger partial charge in [0.25, 0.3) is 5.91 Å². The van der Waals surface area contributed by atoms with Crippen LogP contribution in [0, 0.1) is 0 Å². The Morgan fingerprint density at radius 3 is 3.08 bits per heavy atom. The number of carbonyl (C=O) groups is 1. The summed E-state index contributed by atoms with van der Waals surface area (Å²) in [4.78, 5) is 23.2. The summed E-state index contributed by atoms with van der Waals surface area (Å²) in [6.45, 7) is 0.857. The summed E-state index contributed by atoms with van der Waals surface area (Å²) in [6, 6.07) is 5.39. The molecule has 3 heterocycles. The molecule has 0 saturated heterocycles. The van der Waals surface area contributed by atoms with E-state index in [0.717, 1.165) is 4.60 Å². The summed E-state index contributed by atoms with van der Waals surface area (Å²) < 4.78 is 13.4. The van der Waals surface area contributed by atoms with Gasteiger partial charge in [-0.1, -0.05) is 0 Å². The molecule has 0 spiro atoms. The number of carbonyl (C=O) groups excluding carboxylic acids is 1. The van der Waals surface area contributed by atoms with Crippen LogP contribution in [0.15, 0.2) is 41.4 Å². The smallest absolute Gasteiger partial charge is 0.280 e. The van der Waals surface area contributed by atoms with E-state index in [0.29, 0.717) is 41.7 Å². The molecule has 24 heavy (non-hydrogen) atoms. The number of rotatable bonds is 2. The minimum Gasteiger partial charge on any atom is -0.497 e. The normalized spacial score (nSPS) is 13.5. The van der Waals surface area contributed by atoms with Crippen LogP contribution in [0.4, 0.5) is 5.69 Å². The van der Waals surface area contributed by atoms with Gasteiger partial charge in [0.15, 0.2) is 11.3 Å². The molecular weight excluding hydrogens is 376 g/mol. The Labute approximate surface area is 146 Å². The Bertz CT molecular complexity index is 940. The van der Waals surface area contributed by atoms with Gasteiger partial charge in [-0.15, -0.1) is 0 Å². The lowest BCUT2D eigenvalue weighted by molar-refractivity contribution is 0.0973. The fraction of sp³-hybridized carbons (Fsp3) is 0.188. The first-order chi connectivity index (χ1) is 11.7. The number of hydrogen-bond donors (Lipinski definition) is 0. The Balaban J connectivity index is 1.81. The van der Waals surface area contributed by atoms with Crippen molar-refractivity contribution in [1.82, 2.24) is 14.4 Å². The number of fused-ring (bicyclic) bond motifs is 2. The lowest BCUT2D eigenvalue weighted by Crippen LogP contribution is -2.38. The van der Waals surface area contributed by atoms with Crippen molar-refractivity contribution < 1.29 is 14.3 Å². The van der Waals surface area contributed by atoms with Crippen LogP contribution >= 0.6 is 15.9 Å². The molecule has 7 nitrogen and oxygen atoms in total. The highest BCUT2D eigenvalue weighted by molar-refractivity contribution is 9.10. The van der Waals surface area contributed by atoms with E-state index in [2.05, 4.69) is 25.9 Å². The van der Waals surface area contributed by atoms with Crippen LogP contribution in [0.3, 0.4) is 0 Å².